The molecule has 0 aromatic carbocycles. The summed E-state index contributed by atoms with van der Waals surface area (Å²) in [6.07, 6.45) is -1.27. The molecule has 0 saturated heterocycles. The van der Waals surface area contributed by atoms with E-state index in [9.17, 15) is 4.79 Å². The summed E-state index contributed by atoms with van der Waals surface area (Å²) < 4.78 is 14.2. The molecule has 0 heterocycles. The lowest BCUT2D eigenvalue weighted by atomic mass is 10.7. The van der Waals surface area contributed by atoms with Crippen LogP contribution in [0, 0.1) is 0 Å². The zero-order valence-corrected chi connectivity index (χ0v) is 7.12. The SMILES string of the molecule is CCOCCOCCOC(=O)O. The number of rotatable bonds is 7. The first kappa shape index (κ1) is 11.2. The molecule has 0 aliphatic rings. The van der Waals surface area contributed by atoms with Crippen molar-refractivity contribution in [1.29, 1.82) is 0 Å². The van der Waals surface area contributed by atoms with Crippen LogP contribution in [0.15, 0.2) is 0 Å². The Morgan fingerprint density at radius 2 is 1.75 bits per heavy atom. The van der Waals surface area contributed by atoms with Crippen LogP contribution in [-0.4, -0.2) is 44.3 Å². The molecular formula is C7H14O5. The van der Waals surface area contributed by atoms with Crippen molar-refractivity contribution < 1.29 is 24.1 Å². The number of hydrogen-bond donors (Lipinski definition) is 1. The van der Waals surface area contributed by atoms with E-state index in [1.165, 1.54) is 0 Å². The van der Waals surface area contributed by atoms with Crippen molar-refractivity contribution in [2.45, 2.75) is 6.92 Å². The Bertz CT molecular complexity index is 114. The maximum absolute atomic E-state index is 9.83. The van der Waals surface area contributed by atoms with Gasteiger partial charge in [-0.05, 0) is 6.92 Å². The zero-order valence-electron chi connectivity index (χ0n) is 7.12. The summed E-state index contributed by atoms with van der Waals surface area (Å²) in [5.41, 5.74) is 0. The van der Waals surface area contributed by atoms with Gasteiger partial charge in [-0.2, -0.15) is 0 Å². The van der Waals surface area contributed by atoms with E-state index in [0.717, 1.165) is 0 Å². The van der Waals surface area contributed by atoms with Crippen LogP contribution in [0.4, 0.5) is 4.79 Å². The van der Waals surface area contributed by atoms with Crippen molar-refractivity contribution in [3.05, 3.63) is 0 Å². The van der Waals surface area contributed by atoms with Gasteiger partial charge >= 0.3 is 6.16 Å². The molecule has 0 atom stereocenters. The quantitative estimate of drug-likeness (QED) is 0.460. The first-order valence-corrected chi connectivity index (χ1v) is 3.78. The van der Waals surface area contributed by atoms with Crippen LogP contribution >= 0.6 is 0 Å². The van der Waals surface area contributed by atoms with E-state index in [0.29, 0.717) is 19.8 Å². The van der Waals surface area contributed by atoms with Gasteiger partial charge in [0.2, 0.25) is 0 Å². The molecule has 0 radical (unpaired) electrons. The Kier molecular flexibility index (Phi) is 7.73. The zero-order chi connectivity index (χ0) is 9.23. The van der Waals surface area contributed by atoms with Gasteiger partial charge in [-0.15, -0.1) is 0 Å². The van der Waals surface area contributed by atoms with Crippen molar-refractivity contribution in [1.82, 2.24) is 0 Å². The van der Waals surface area contributed by atoms with Crippen molar-refractivity contribution in [3.63, 3.8) is 0 Å². The van der Waals surface area contributed by atoms with E-state index in [-0.39, 0.29) is 13.2 Å². The molecular weight excluding hydrogens is 164 g/mol. The molecule has 0 aromatic rings. The van der Waals surface area contributed by atoms with Crippen LogP contribution in [-0.2, 0) is 14.2 Å². The van der Waals surface area contributed by atoms with Crippen LogP contribution in [0.2, 0.25) is 0 Å². The average Bonchev–Trinajstić information content (AvgIpc) is 2.02. The van der Waals surface area contributed by atoms with Gasteiger partial charge in [0.15, 0.2) is 0 Å². The van der Waals surface area contributed by atoms with E-state index in [1.54, 1.807) is 0 Å². The summed E-state index contributed by atoms with van der Waals surface area (Å²) in [4.78, 5) is 9.83. The third kappa shape index (κ3) is 9.19. The first-order valence-electron chi connectivity index (χ1n) is 3.78. The molecule has 0 rings (SSSR count). The highest BCUT2D eigenvalue weighted by Crippen LogP contribution is 1.80. The third-order valence-corrected chi connectivity index (χ3v) is 1.03. The molecule has 0 fully saturated rings. The van der Waals surface area contributed by atoms with Crippen molar-refractivity contribution >= 4 is 6.16 Å². The summed E-state index contributed by atoms with van der Waals surface area (Å²) in [7, 11) is 0. The summed E-state index contributed by atoms with van der Waals surface area (Å²) in [6, 6.07) is 0. The smallest absolute Gasteiger partial charge is 0.450 e. The van der Waals surface area contributed by atoms with Gasteiger partial charge < -0.3 is 19.3 Å². The summed E-state index contributed by atoms with van der Waals surface area (Å²) in [5.74, 6) is 0. The van der Waals surface area contributed by atoms with Crippen LogP contribution in [0.25, 0.3) is 0 Å². The minimum atomic E-state index is -1.27. The minimum Gasteiger partial charge on any atom is -0.450 e. The van der Waals surface area contributed by atoms with Crippen LogP contribution in [0.3, 0.4) is 0 Å². The molecule has 12 heavy (non-hydrogen) atoms. The molecule has 0 unspecified atom stereocenters. The highest BCUT2D eigenvalue weighted by molar-refractivity contribution is 5.56. The normalized spacial score (nSPS) is 9.75. The van der Waals surface area contributed by atoms with Gasteiger partial charge in [-0.25, -0.2) is 4.79 Å². The lowest BCUT2D eigenvalue weighted by Gasteiger charge is -2.03. The lowest BCUT2D eigenvalue weighted by molar-refractivity contribution is 0.0213. The van der Waals surface area contributed by atoms with Gasteiger partial charge in [0.25, 0.3) is 0 Å². The molecule has 0 aliphatic carbocycles. The van der Waals surface area contributed by atoms with Crippen molar-refractivity contribution in [2.75, 3.05) is 33.0 Å². The van der Waals surface area contributed by atoms with E-state index < -0.39 is 6.16 Å². The summed E-state index contributed by atoms with van der Waals surface area (Å²) >= 11 is 0. The summed E-state index contributed by atoms with van der Waals surface area (Å²) in [5, 5.41) is 8.05. The predicted molar refractivity (Wildman–Crippen MR) is 41.3 cm³/mol. The van der Waals surface area contributed by atoms with Gasteiger partial charge in [0.1, 0.15) is 6.61 Å². The number of ether oxygens (including phenoxy) is 3. The highest BCUT2D eigenvalue weighted by atomic mass is 16.7. The maximum atomic E-state index is 9.83. The fourth-order valence-electron chi connectivity index (χ4n) is 0.552. The Labute approximate surface area is 71.2 Å². The van der Waals surface area contributed by atoms with E-state index >= 15 is 0 Å². The monoisotopic (exact) mass is 178 g/mol. The fraction of sp³-hybridized carbons (Fsp3) is 0.857. The van der Waals surface area contributed by atoms with Gasteiger partial charge in [0.05, 0.1) is 19.8 Å². The first-order chi connectivity index (χ1) is 5.77. The fourth-order valence-corrected chi connectivity index (χ4v) is 0.552. The Morgan fingerprint density at radius 1 is 1.17 bits per heavy atom. The van der Waals surface area contributed by atoms with Crippen LogP contribution in [0.5, 0.6) is 0 Å². The molecule has 0 saturated carbocycles. The van der Waals surface area contributed by atoms with E-state index in [2.05, 4.69) is 4.74 Å². The number of hydrogen-bond acceptors (Lipinski definition) is 4. The topological polar surface area (TPSA) is 65.0 Å². The van der Waals surface area contributed by atoms with Gasteiger partial charge in [0, 0.05) is 6.61 Å². The molecule has 0 bridgehead atoms. The highest BCUT2D eigenvalue weighted by Gasteiger charge is 1.94. The largest absolute Gasteiger partial charge is 0.505 e. The molecule has 0 aliphatic heterocycles. The van der Waals surface area contributed by atoms with E-state index in [4.69, 9.17) is 14.6 Å². The third-order valence-electron chi connectivity index (χ3n) is 1.03. The van der Waals surface area contributed by atoms with Crippen LogP contribution < -0.4 is 0 Å². The van der Waals surface area contributed by atoms with E-state index in [1.807, 2.05) is 6.92 Å². The standard InChI is InChI=1S/C7H14O5/c1-2-10-3-4-11-5-6-12-7(8)9/h2-6H2,1H3,(H,8,9). The minimum absolute atomic E-state index is 0.0709. The second kappa shape index (κ2) is 8.29. The Balaban J connectivity index is 2.86. The summed E-state index contributed by atoms with van der Waals surface area (Å²) in [6.45, 7) is 3.91. The van der Waals surface area contributed by atoms with Crippen molar-refractivity contribution in [2.24, 2.45) is 0 Å². The second-order valence-electron chi connectivity index (χ2n) is 1.92. The molecule has 72 valence electrons. The van der Waals surface area contributed by atoms with Crippen LogP contribution in [0.1, 0.15) is 6.92 Å². The van der Waals surface area contributed by atoms with Gasteiger partial charge in [-0.1, -0.05) is 0 Å². The molecule has 1 N–H and O–H groups in total. The van der Waals surface area contributed by atoms with Gasteiger partial charge in [-0.3, -0.25) is 0 Å². The maximum Gasteiger partial charge on any atom is 0.505 e. The molecule has 0 spiro atoms. The Hall–Kier alpha value is -0.810. The number of carbonyl (C=O) groups is 1. The number of carboxylic acid groups (broad SMARTS) is 1. The lowest BCUT2D eigenvalue weighted by Crippen LogP contribution is -2.11. The second-order valence-corrected chi connectivity index (χ2v) is 1.92. The molecule has 5 heteroatoms. The molecule has 0 aromatic heterocycles. The molecule has 0 amide bonds. The van der Waals surface area contributed by atoms with Crippen molar-refractivity contribution in [3.8, 4) is 0 Å². The molecule has 5 nitrogen and oxygen atoms in total. The Morgan fingerprint density at radius 3 is 2.33 bits per heavy atom. The predicted octanol–water partition coefficient (Wildman–Crippen LogP) is 0.734. The average molecular weight is 178 g/mol.